The van der Waals surface area contributed by atoms with Gasteiger partial charge < -0.3 is 4.74 Å². The molecule has 0 atom stereocenters. The Labute approximate surface area is 103 Å². The summed E-state index contributed by atoms with van der Waals surface area (Å²) >= 11 is 0. The second-order valence-electron chi connectivity index (χ2n) is 3.25. The van der Waals surface area contributed by atoms with Crippen molar-refractivity contribution in [3.8, 4) is 0 Å². The summed E-state index contributed by atoms with van der Waals surface area (Å²) in [6.45, 7) is 0. The van der Waals surface area contributed by atoms with Crippen LogP contribution in [0.15, 0.2) is 30.3 Å². The van der Waals surface area contributed by atoms with Crippen LogP contribution in [0.1, 0.15) is 5.56 Å². The molecule has 1 aromatic rings. The fraction of sp³-hybridized carbons (Fsp3) is 0.0833. The van der Waals surface area contributed by atoms with Crippen LogP contribution in [0.5, 0.6) is 0 Å². The van der Waals surface area contributed by atoms with E-state index in [4.69, 9.17) is 0 Å². The number of ether oxygens (including phenoxy) is 1. The van der Waals surface area contributed by atoms with Crippen molar-refractivity contribution >= 4 is 23.5 Å². The maximum absolute atomic E-state index is 11.2. The second kappa shape index (κ2) is 6.29. The number of ketones is 1. The molecule has 1 radical (unpaired) electrons. The summed E-state index contributed by atoms with van der Waals surface area (Å²) in [5.41, 5.74) is 0.590. The van der Waals surface area contributed by atoms with Crippen molar-refractivity contribution in [2.45, 2.75) is 0 Å². The highest BCUT2D eigenvalue weighted by Gasteiger charge is 2.07. The number of methoxy groups -OCH3 is 1. The third kappa shape index (κ3) is 4.17. The molecule has 0 saturated carbocycles. The predicted octanol–water partition coefficient (Wildman–Crippen LogP) is 1.55. The number of nitro groups is 1. The zero-order chi connectivity index (χ0) is 13.5. The van der Waals surface area contributed by atoms with Crippen molar-refractivity contribution in [3.05, 3.63) is 52.4 Å². The number of carbonyl (C=O) groups excluding carboxylic acids is 2. The molecule has 18 heavy (non-hydrogen) atoms. The van der Waals surface area contributed by atoms with Crippen LogP contribution in [0.3, 0.4) is 0 Å². The molecule has 0 aliphatic carbocycles. The summed E-state index contributed by atoms with van der Waals surface area (Å²) in [6.07, 6.45) is 3.44. The van der Waals surface area contributed by atoms with Gasteiger partial charge in [-0.15, -0.1) is 0 Å². The molecule has 93 valence electrons. The smallest absolute Gasteiger partial charge is 0.317 e. The van der Waals surface area contributed by atoms with E-state index >= 15 is 0 Å². The fourth-order valence-corrected chi connectivity index (χ4v) is 1.11. The Hall–Kier alpha value is -2.50. The molecule has 0 bridgehead atoms. The minimum absolute atomic E-state index is 0.0281. The van der Waals surface area contributed by atoms with Gasteiger partial charge in [-0.3, -0.25) is 19.7 Å². The SMILES string of the molecule is COC(=O)[CH]C(=O)C=Cc1ccc([N+](=O)[O-])cc1. The molecule has 0 unspecified atom stereocenters. The lowest BCUT2D eigenvalue weighted by atomic mass is 10.1. The van der Waals surface area contributed by atoms with Crippen LogP contribution in [-0.2, 0) is 14.3 Å². The van der Waals surface area contributed by atoms with Crippen LogP contribution >= 0.6 is 0 Å². The molecule has 0 aliphatic heterocycles. The quantitative estimate of drug-likeness (QED) is 0.259. The lowest BCUT2D eigenvalue weighted by Crippen LogP contribution is -2.07. The van der Waals surface area contributed by atoms with E-state index in [2.05, 4.69) is 4.74 Å². The molecule has 6 nitrogen and oxygen atoms in total. The van der Waals surface area contributed by atoms with Gasteiger partial charge in [0.1, 0.15) is 6.42 Å². The average Bonchev–Trinajstić information content (AvgIpc) is 2.36. The Balaban J connectivity index is 2.64. The van der Waals surface area contributed by atoms with Crippen molar-refractivity contribution in [1.29, 1.82) is 0 Å². The maximum atomic E-state index is 11.2. The molecule has 0 spiro atoms. The van der Waals surface area contributed by atoms with E-state index in [1.807, 2.05) is 0 Å². The minimum atomic E-state index is -0.728. The number of rotatable bonds is 5. The number of hydrogen-bond acceptors (Lipinski definition) is 5. The third-order valence-electron chi connectivity index (χ3n) is 2.01. The Morgan fingerprint density at radius 2 is 1.89 bits per heavy atom. The summed E-state index contributed by atoms with van der Waals surface area (Å²) in [4.78, 5) is 31.9. The fourth-order valence-electron chi connectivity index (χ4n) is 1.11. The topological polar surface area (TPSA) is 86.5 Å². The summed E-state index contributed by atoms with van der Waals surface area (Å²) in [5.74, 6) is -1.24. The average molecular weight is 248 g/mol. The van der Waals surface area contributed by atoms with Crippen LogP contribution in [-0.4, -0.2) is 23.8 Å². The van der Waals surface area contributed by atoms with Gasteiger partial charge in [0.2, 0.25) is 0 Å². The number of esters is 1. The van der Waals surface area contributed by atoms with Crippen LogP contribution in [0.2, 0.25) is 0 Å². The molecule has 0 amide bonds. The Morgan fingerprint density at radius 3 is 2.39 bits per heavy atom. The number of carbonyl (C=O) groups is 2. The van der Waals surface area contributed by atoms with Gasteiger partial charge in [0.05, 0.1) is 12.0 Å². The molecule has 6 heteroatoms. The Kier molecular flexibility index (Phi) is 4.74. The highest BCUT2D eigenvalue weighted by molar-refractivity contribution is 6.13. The molecule has 1 rings (SSSR count). The minimum Gasteiger partial charge on any atom is -0.468 e. The van der Waals surface area contributed by atoms with Gasteiger partial charge in [0.25, 0.3) is 5.69 Å². The number of benzene rings is 1. The number of allylic oxidation sites excluding steroid dienone is 1. The first-order valence-electron chi connectivity index (χ1n) is 4.92. The van der Waals surface area contributed by atoms with Gasteiger partial charge >= 0.3 is 5.97 Å². The first-order valence-corrected chi connectivity index (χ1v) is 4.92. The van der Waals surface area contributed by atoms with E-state index in [1.54, 1.807) is 0 Å². The van der Waals surface area contributed by atoms with Gasteiger partial charge in [-0.2, -0.15) is 0 Å². The summed E-state index contributed by atoms with van der Waals surface area (Å²) < 4.78 is 4.29. The summed E-state index contributed by atoms with van der Waals surface area (Å²) in [7, 11) is 1.17. The van der Waals surface area contributed by atoms with Crippen molar-refractivity contribution in [2.24, 2.45) is 0 Å². The van der Waals surface area contributed by atoms with Crippen LogP contribution in [0.4, 0.5) is 5.69 Å². The second-order valence-corrected chi connectivity index (χ2v) is 3.25. The van der Waals surface area contributed by atoms with Crippen LogP contribution < -0.4 is 0 Å². The zero-order valence-corrected chi connectivity index (χ0v) is 9.53. The van der Waals surface area contributed by atoms with Crippen molar-refractivity contribution in [2.75, 3.05) is 7.11 Å². The van der Waals surface area contributed by atoms with E-state index < -0.39 is 16.7 Å². The predicted molar refractivity (Wildman–Crippen MR) is 63.5 cm³/mol. The molecule has 0 aromatic heterocycles. The first kappa shape index (κ1) is 13.6. The van der Waals surface area contributed by atoms with E-state index in [1.165, 1.54) is 43.5 Å². The molecule has 0 fully saturated rings. The third-order valence-corrected chi connectivity index (χ3v) is 2.01. The van der Waals surface area contributed by atoms with E-state index in [-0.39, 0.29) is 5.69 Å². The zero-order valence-electron chi connectivity index (χ0n) is 9.53. The Morgan fingerprint density at radius 1 is 1.28 bits per heavy atom. The standard InChI is InChI=1S/C12H10NO5/c1-18-12(15)8-11(14)7-4-9-2-5-10(6-3-9)13(16)17/h2-8H,1H3. The van der Waals surface area contributed by atoms with Crippen molar-refractivity contribution in [1.82, 2.24) is 0 Å². The van der Waals surface area contributed by atoms with Gasteiger partial charge in [0, 0.05) is 12.1 Å². The molecule has 0 heterocycles. The lowest BCUT2D eigenvalue weighted by molar-refractivity contribution is -0.384. The van der Waals surface area contributed by atoms with Gasteiger partial charge in [0.15, 0.2) is 5.78 Å². The van der Waals surface area contributed by atoms with Crippen LogP contribution in [0, 0.1) is 16.5 Å². The van der Waals surface area contributed by atoms with Gasteiger partial charge in [-0.05, 0) is 23.8 Å². The number of nitro benzene ring substituents is 1. The molecule has 0 aliphatic rings. The maximum Gasteiger partial charge on any atom is 0.317 e. The van der Waals surface area contributed by atoms with E-state index in [0.29, 0.717) is 5.56 Å². The lowest BCUT2D eigenvalue weighted by Gasteiger charge is -1.95. The summed E-state index contributed by atoms with van der Waals surface area (Å²) in [6, 6.07) is 5.66. The van der Waals surface area contributed by atoms with E-state index in [9.17, 15) is 19.7 Å². The molecular formula is C12H10NO5. The van der Waals surface area contributed by atoms with Gasteiger partial charge in [-0.1, -0.05) is 6.08 Å². The number of non-ortho nitro benzene ring substituents is 1. The first-order chi connectivity index (χ1) is 8.52. The normalized spacial score (nSPS) is 10.3. The highest BCUT2D eigenvalue weighted by Crippen LogP contribution is 2.12. The van der Waals surface area contributed by atoms with Crippen molar-refractivity contribution in [3.63, 3.8) is 0 Å². The van der Waals surface area contributed by atoms with E-state index in [0.717, 1.165) is 6.42 Å². The largest absolute Gasteiger partial charge is 0.468 e. The molecule has 1 aromatic carbocycles. The highest BCUT2D eigenvalue weighted by atomic mass is 16.6. The molecule has 0 saturated heterocycles. The number of hydrogen-bond donors (Lipinski definition) is 0. The summed E-state index contributed by atoms with van der Waals surface area (Å²) in [5, 5.41) is 10.4. The monoisotopic (exact) mass is 248 g/mol. The van der Waals surface area contributed by atoms with Gasteiger partial charge in [-0.25, -0.2) is 0 Å². The molecule has 0 N–H and O–H groups in total. The number of nitrogens with zero attached hydrogens (tertiary/aromatic N) is 1. The molecular weight excluding hydrogens is 238 g/mol. The van der Waals surface area contributed by atoms with Crippen LogP contribution in [0.25, 0.3) is 6.08 Å². The Bertz CT molecular complexity index is 490. The van der Waals surface area contributed by atoms with Crippen molar-refractivity contribution < 1.29 is 19.2 Å².